The van der Waals surface area contributed by atoms with E-state index < -0.39 is 6.04 Å². The third-order valence-corrected chi connectivity index (χ3v) is 3.11. The van der Waals surface area contributed by atoms with Gasteiger partial charge in [-0.1, -0.05) is 37.6 Å². The highest BCUT2D eigenvalue weighted by Crippen LogP contribution is 2.15. The van der Waals surface area contributed by atoms with Crippen molar-refractivity contribution in [3.8, 4) is 0 Å². The summed E-state index contributed by atoms with van der Waals surface area (Å²) in [6.07, 6.45) is 3.38. The number of pyridine rings is 1. The van der Waals surface area contributed by atoms with Gasteiger partial charge >= 0.3 is 0 Å². The standard InChI is InChI=1S/C15H19N3O/c1-2-5-13(16)15(19)18-10-12-7-3-6-11-8-4-9-17-14(11)12/h3-4,6-9,13H,2,5,10,16H2,1H3,(H,18,19)/t13-/m1/s1. The minimum absolute atomic E-state index is 0.102. The van der Waals surface area contributed by atoms with E-state index in [4.69, 9.17) is 5.73 Å². The molecule has 19 heavy (non-hydrogen) atoms. The molecule has 3 N–H and O–H groups in total. The highest BCUT2D eigenvalue weighted by atomic mass is 16.2. The molecule has 0 saturated heterocycles. The molecule has 1 amide bonds. The van der Waals surface area contributed by atoms with Crippen molar-refractivity contribution in [2.75, 3.05) is 0 Å². The fraction of sp³-hybridized carbons (Fsp3) is 0.333. The van der Waals surface area contributed by atoms with Crippen LogP contribution in [0.4, 0.5) is 0 Å². The van der Waals surface area contributed by atoms with Crippen LogP contribution in [0.3, 0.4) is 0 Å². The first-order chi connectivity index (χ1) is 9.22. The predicted octanol–water partition coefficient (Wildman–Crippen LogP) is 1.98. The molecule has 0 aliphatic rings. The van der Waals surface area contributed by atoms with Crippen molar-refractivity contribution in [3.63, 3.8) is 0 Å². The molecule has 1 heterocycles. The Kier molecular flexibility index (Phi) is 4.47. The molecule has 0 aliphatic carbocycles. The smallest absolute Gasteiger partial charge is 0.237 e. The van der Waals surface area contributed by atoms with Crippen LogP contribution in [-0.4, -0.2) is 16.9 Å². The number of hydrogen-bond acceptors (Lipinski definition) is 3. The molecule has 0 saturated carbocycles. The molecule has 100 valence electrons. The van der Waals surface area contributed by atoms with Crippen LogP contribution in [-0.2, 0) is 11.3 Å². The van der Waals surface area contributed by atoms with E-state index >= 15 is 0 Å². The zero-order chi connectivity index (χ0) is 13.7. The van der Waals surface area contributed by atoms with Crippen molar-refractivity contribution in [1.82, 2.24) is 10.3 Å². The van der Waals surface area contributed by atoms with Gasteiger partial charge in [-0.05, 0) is 18.1 Å². The van der Waals surface area contributed by atoms with Gasteiger partial charge in [0.25, 0.3) is 0 Å². The fourth-order valence-electron chi connectivity index (χ4n) is 2.07. The summed E-state index contributed by atoms with van der Waals surface area (Å²) in [5.41, 5.74) is 7.71. The number of rotatable bonds is 5. The van der Waals surface area contributed by atoms with Crippen molar-refractivity contribution in [3.05, 3.63) is 42.1 Å². The van der Waals surface area contributed by atoms with Crippen LogP contribution in [0.2, 0.25) is 0 Å². The molecule has 4 heteroatoms. The Morgan fingerprint density at radius 2 is 2.16 bits per heavy atom. The molecule has 1 atom stereocenters. The molecule has 4 nitrogen and oxygen atoms in total. The number of carbonyl (C=O) groups is 1. The number of carbonyl (C=O) groups excluding carboxylic acids is 1. The summed E-state index contributed by atoms with van der Waals surface area (Å²) in [5.74, 6) is -0.102. The second-order valence-corrected chi connectivity index (χ2v) is 4.61. The van der Waals surface area contributed by atoms with Gasteiger partial charge in [-0.15, -0.1) is 0 Å². The molecular weight excluding hydrogens is 238 g/mol. The second-order valence-electron chi connectivity index (χ2n) is 4.61. The Labute approximate surface area is 113 Å². The molecule has 0 spiro atoms. The summed E-state index contributed by atoms with van der Waals surface area (Å²) in [4.78, 5) is 16.1. The number of amides is 1. The molecule has 0 unspecified atom stereocenters. The molecule has 2 aromatic rings. The lowest BCUT2D eigenvalue weighted by molar-refractivity contribution is -0.122. The van der Waals surface area contributed by atoms with Crippen LogP contribution in [0.1, 0.15) is 25.3 Å². The number of benzene rings is 1. The quantitative estimate of drug-likeness (QED) is 0.860. The van der Waals surface area contributed by atoms with Crippen LogP contribution in [0.5, 0.6) is 0 Å². The van der Waals surface area contributed by atoms with E-state index in [0.717, 1.165) is 22.9 Å². The van der Waals surface area contributed by atoms with Gasteiger partial charge in [-0.25, -0.2) is 0 Å². The molecule has 1 aromatic carbocycles. The minimum atomic E-state index is -0.423. The second kappa shape index (κ2) is 6.29. The van der Waals surface area contributed by atoms with E-state index in [-0.39, 0.29) is 5.91 Å². The third-order valence-electron chi connectivity index (χ3n) is 3.11. The molecule has 0 fully saturated rings. The number of aromatic nitrogens is 1. The summed E-state index contributed by atoms with van der Waals surface area (Å²) in [7, 11) is 0. The Morgan fingerprint density at radius 3 is 2.95 bits per heavy atom. The van der Waals surface area contributed by atoms with E-state index in [1.807, 2.05) is 37.3 Å². The Bertz CT molecular complexity index is 563. The summed E-state index contributed by atoms with van der Waals surface area (Å²) in [6.45, 7) is 2.48. The third kappa shape index (κ3) is 3.29. The molecule has 0 aliphatic heterocycles. The number of nitrogens with two attached hydrogens (primary N) is 1. The van der Waals surface area contributed by atoms with Gasteiger partial charge in [-0.3, -0.25) is 9.78 Å². The fourth-order valence-corrected chi connectivity index (χ4v) is 2.07. The van der Waals surface area contributed by atoms with Crippen molar-refractivity contribution >= 4 is 16.8 Å². The summed E-state index contributed by atoms with van der Waals surface area (Å²) in [5, 5.41) is 3.95. The highest BCUT2D eigenvalue weighted by Gasteiger charge is 2.12. The zero-order valence-electron chi connectivity index (χ0n) is 11.1. The van der Waals surface area contributed by atoms with Crippen LogP contribution in [0.15, 0.2) is 36.5 Å². The topological polar surface area (TPSA) is 68.0 Å². The van der Waals surface area contributed by atoms with Gasteiger partial charge in [0.1, 0.15) is 0 Å². The van der Waals surface area contributed by atoms with E-state index in [1.165, 1.54) is 0 Å². The van der Waals surface area contributed by atoms with Gasteiger partial charge in [0.15, 0.2) is 0 Å². The molecule has 2 rings (SSSR count). The lowest BCUT2D eigenvalue weighted by atomic mass is 10.1. The monoisotopic (exact) mass is 257 g/mol. The van der Waals surface area contributed by atoms with E-state index in [0.29, 0.717) is 13.0 Å². The SMILES string of the molecule is CCC[C@@H](N)C(=O)NCc1cccc2cccnc12. The highest BCUT2D eigenvalue weighted by molar-refractivity contribution is 5.84. The van der Waals surface area contributed by atoms with Gasteiger partial charge < -0.3 is 11.1 Å². The number of nitrogens with zero attached hydrogens (tertiary/aromatic N) is 1. The number of para-hydroxylation sites is 1. The molecular formula is C15H19N3O. The van der Waals surface area contributed by atoms with Crippen LogP contribution in [0.25, 0.3) is 10.9 Å². The average molecular weight is 257 g/mol. The summed E-state index contributed by atoms with van der Waals surface area (Å²) in [6, 6.07) is 9.45. The summed E-state index contributed by atoms with van der Waals surface area (Å²) < 4.78 is 0. The first kappa shape index (κ1) is 13.5. The van der Waals surface area contributed by atoms with E-state index in [1.54, 1.807) is 6.20 Å². The van der Waals surface area contributed by atoms with Crippen molar-refractivity contribution in [2.24, 2.45) is 5.73 Å². The predicted molar refractivity (Wildman–Crippen MR) is 76.5 cm³/mol. The number of nitrogens with one attached hydrogen (secondary N) is 1. The largest absolute Gasteiger partial charge is 0.351 e. The Balaban J connectivity index is 2.08. The Hall–Kier alpha value is -1.94. The van der Waals surface area contributed by atoms with Crippen LogP contribution >= 0.6 is 0 Å². The molecule has 1 aromatic heterocycles. The summed E-state index contributed by atoms with van der Waals surface area (Å²) >= 11 is 0. The van der Waals surface area contributed by atoms with Gasteiger partial charge in [0, 0.05) is 18.1 Å². The van der Waals surface area contributed by atoms with Crippen LogP contribution < -0.4 is 11.1 Å². The van der Waals surface area contributed by atoms with E-state index in [2.05, 4.69) is 10.3 Å². The number of fused-ring (bicyclic) bond motifs is 1. The zero-order valence-corrected chi connectivity index (χ0v) is 11.1. The van der Waals surface area contributed by atoms with Crippen LogP contribution in [0, 0.1) is 0 Å². The Morgan fingerprint density at radius 1 is 1.37 bits per heavy atom. The maximum Gasteiger partial charge on any atom is 0.237 e. The van der Waals surface area contributed by atoms with Gasteiger partial charge in [0.2, 0.25) is 5.91 Å². The molecule has 0 bridgehead atoms. The number of hydrogen-bond donors (Lipinski definition) is 2. The lowest BCUT2D eigenvalue weighted by Crippen LogP contribution is -2.40. The lowest BCUT2D eigenvalue weighted by Gasteiger charge is -2.12. The van der Waals surface area contributed by atoms with Crippen molar-refractivity contribution in [1.29, 1.82) is 0 Å². The van der Waals surface area contributed by atoms with Crippen molar-refractivity contribution < 1.29 is 4.79 Å². The van der Waals surface area contributed by atoms with Gasteiger partial charge in [0.05, 0.1) is 11.6 Å². The first-order valence-electron chi connectivity index (χ1n) is 6.58. The minimum Gasteiger partial charge on any atom is -0.351 e. The van der Waals surface area contributed by atoms with Gasteiger partial charge in [-0.2, -0.15) is 0 Å². The van der Waals surface area contributed by atoms with Crippen molar-refractivity contribution in [2.45, 2.75) is 32.4 Å². The normalized spacial score (nSPS) is 12.3. The maximum absolute atomic E-state index is 11.8. The van der Waals surface area contributed by atoms with E-state index in [9.17, 15) is 4.79 Å². The maximum atomic E-state index is 11.8. The first-order valence-corrected chi connectivity index (χ1v) is 6.58. The molecule has 0 radical (unpaired) electrons. The average Bonchev–Trinajstić information content (AvgIpc) is 2.45.